The highest BCUT2D eigenvalue weighted by Gasteiger charge is 2.29. The van der Waals surface area contributed by atoms with Gasteiger partial charge in [0.05, 0.1) is 11.7 Å². The van der Waals surface area contributed by atoms with E-state index in [4.69, 9.17) is 0 Å². The van der Waals surface area contributed by atoms with E-state index in [1.54, 1.807) is 32.0 Å². The number of piperidine rings is 1. The highest BCUT2D eigenvalue weighted by molar-refractivity contribution is 5.97. The van der Waals surface area contributed by atoms with Gasteiger partial charge in [-0.25, -0.2) is 0 Å². The molecule has 2 rings (SSSR count). The molecule has 1 amide bonds. The second kappa shape index (κ2) is 6.27. The molecule has 1 aromatic carbocycles. The summed E-state index contributed by atoms with van der Waals surface area (Å²) in [6, 6.07) is 5.31. The van der Waals surface area contributed by atoms with Crippen molar-refractivity contribution in [2.75, 3.05) is 6.54 Å². The molecular formula is C16H23NO3. The van der Waals surface area contributed by atoms with Crippen molar-refractivity contribution >= 4 is 5.91 Å². The smallest absolute Gasteiger partial charge is 0.257 e. The first-order valence-corrected chi connectivity index (χ1v) is 7.28. The van der Waals surface area contributed by atoms with Gasteiger partial charge in [0.1, 0.15) is 5.75 Å². The molecule has 0 bridgehead atoms. The van der Waals surface area contributed by atoms with Gasteiger partial charge < -0.3 is 15.1 Å². The van der Waals surface area contributed by atoms with Crippen molar-refractivity contribution in [3.05, 3.63) is 29.3 Å². The van der Waals surface area contributed by atoms with Crippen LogP contribution in [-0.2, 0) is 0 Å². The summed E-state index contributed by atoms with van der Waals surface area (Å²) in [6.45, 7) is 4.24. The molecule has 1 heterocycles. The first-order valence-electron chi connectivity index (χ1n) is 7.28. The number of aromatic hydroxyl groups is 1. The maximum absolute atomic E-state index is 12.6. The summed E-state index contributed by atoms with van der Waals surface area (Å²) in [5, 5.41) is 19.7. The van der Waals surface area contributed by atoms with Crippen LogP contribution in [0.1, 0.15) is 48.5 Å². The Hall–Kier alpha value is -1.55. The normalized spacial score (nSPS) is 20.8. The molecule has 4 nitrogen and oxygen atoms in total. The second-order valence-electron chi connectivity index (χ2n) is 5.70. The number of aliphatic hydroxyl groups is 1. The Morgan fingerprint density at radius 2 is 2.20 bits per heavy atom. The number of rotatable bonds is 3. The number of aryl methyl sites for hydroxylation is 1. The Kier molecular flexibility index (Phi) is 4.65. The average molecular weight is 277 g/mol. The van der Waals surface area contributed by atoms with E-state index in [1.165, 1.54) is 0 Å². The number of amides is 1. The second-order valence-corrected chi connectivity index (χ2v) is 5.70. The molecule has 1 fully saturated rings. The molecule has 110 valence electrons. The Bertz CT molecular complexity index is 485. The Balaban J connectivity index is 2.23. The van der Waals surface area contributed by atoms with E-state index in [2.05, 4.69) is 0 Å². The summed E-state index contributed by atoms with van der Waals surface area (Å²) in [4.78, 5) is 14.5. The van der Waals surface area contributed by atoms with Crippen molar-refractivity contribution in [1.82, 2.24) is 4.90 Å². The standard InChI is InChI=1S/C16H23NO3/c1-11-6-5-8-14(15(11)19)16(20)17-9-4-3-7-13(17)10-12(2)18/h5-6,8,12-13,18-19H,3-4,7,9-10H2,1-2H3. The number of nitrogens with zero attached hydrogens (tertiary/aromatic N) is 1. The molecule has 20 heavy (non-hydrogen) atoms. The van der Waals surface area contributed by atoms with Crippen LogP contribution in [0.15, 0.2) is 18.2 Å². The van der Waals surface area contributed by atoms with Gasteiger partial charge in [0.25, 0.3) is 5.91 Å². The number of phenolic OH excluding ortho intramolecular Hbond substituents is 1. The van der Waals surface area contributed by atoms with E-state index in [0.29, 0.717) is 24.1 Å². The van der Waals surface area contributed by atoms with Crippen molar-refractivity contribution in [2.24, 2.45) is 0 Å². The maximum Gasteiger partial charge on any atom is 0.257 e. The van der Waals surface area contributed by atoms with Crippen molar-refractivity contribution < 1.29 is 15.0 Å². The fraction of sp³-hybridized carbons (Fsp3) is 0.562. The number of phenols is 1. The number of carbonyl (C=O) groups is 1. The summed E-state index contributed by atoms with van der Waals surface area (Å²) in [5.74, 6) is -0.0598. The number of para-hydroxylation sites is 1. The zero-order chi connectivity index (χ0) is 14.7. The minimum atomic E-state index is -0.417. The largest absolute Gasteiger partial charge is 0.507 e. The minimum Gasteiger partial charge on any atom is -0.507 e. The van der Waals surface area contributed by atoms with E-state index in [9.17, 15) is 15.0 Å². The molecule has 2 N–H and O–H groups in total. The van der Waals surface area contributed by atoms with Crippen molar-refractivity contribution in [3.8, 4) is 5.75 Å². The molecule has 0 aliphatic carbocycles. The number of hydrogen-bond donors (Lipinski definition) is 2. The Labute approximate surface area is 120 Å². The number of likely N-dealkylation sites (tertiary alicyclic amines) is 1. The topological polar surface area (TPSA) is 60.8 Å². The fourth-order valence-electron chi connectivity index (χ4n) is 2.89. The van der Waals surface area contributed by atoms with E-state index in [-0.39, 0.29) is 17.7 Å². The van der Waals surface area contributed by atoms with Crippen LogP contribution in [0, 0.1) is 6.92 Å². The lowest BCUT2D eigenvalue weighted by Gasteiger charge is -2.36. The van der Waals surface area contributed by atoms with Gasteiger partial charge in [-0.3, -0.25) is 4.79 Å². The lowest BCUT2D eigenvalue weighted by Crippen LogP contribution is -2.45. The first-order chi connectivity index (χ1) is 9.50. The summed E-state index contributed by atoms with van der Waals surface area (Å²) in [7, 11) is 0. The van der Waals surface area contributed by atoms with Gasteiger partial charge in [-0.1, -0.05) is 12.1 Å². The third-order valence-electron chi connectivity index (χ3n) is 3.97. The Morgan fingerprint density at radius 3 is 2.90 bits per heavy atom. The van der Waals surface area contributed by atoms with Crippen LogP contribution in [-0.4, -0.2) is 39.7 Å². The summed E-state index contributed by atoms with van der Waals surface area (Å²) < 4.78 is 0. The highest BCUT2D eigenvalue weighted by Crippen LogP contribution is 2.27. The predicted octanol–water partition coefficient (Wildman–Crippen LogP) is 2.47. The van der Waals surface area contributed by atoms with Crippen molar-refractivity contribution in [1.29, 1.82) is 0 Å². The van der Waals surface area contributed by atoms with Crippen molar-refractivity contribution in [3.63, 3.8) is 0 Å². The van der Waals surface area contributed by atoms with Crippen LogP contribution in [0.5, 0.6) is 5.75 Å². The molecule has 2 unspecified atom stereocenters. The number of hydrogen-bond acceptors (Lipinski definition) is 3. The van der Waals surface area contributed by atoms with Gasteiger partial charge in [-0.15, -0.1) is 0 Å². The number of aliphatic hydroxyl groups excluding tert-OH is 1. The zero-order valence-corrected chi connectivity index (χ0v) is 12.2. The summed E-state index contributed by atoms with van der Waals surface area (Å²) in [5.41, 5.74) is 1.07. The van der Waals surface area contributed by atoms with Crippen LogP contribution in [0.25, 0.3) is 0 Å². The van der Waals surface area contributed by atoms with Crippen LogP contribution >= 0.6 is 0 Å². The van der Waals surface area contributed by atoms with E-state index < -0.39 is 6.10 Å². The SMILES string of the molecule is Cc1cccc(C(=O)N2CCCCC2CC(C)O)c1O. The third kappa shape index (κ3) is 3.12. The van der Waals surface area contributed by atoms with Crippen LogP contribution < -0.4 is 0 Å². The average Bonchev–Trinajstić information content (AvgIpc) is 2.41. The van der Waals surface area contributed by atoms with Crippen LogP contribution in [0.2, 0.25) is 0 Å². The van der Waals surface area contributed by atoms with Crippen LogP contribution in [0.4, 0.5) is 0 Å². The summed E-state index contributed by atoms with van der Waals surface area (Å²) >= 11 is 0. The van der Waals surface area contributed by atoms with Gasteiger partial charge in [0.2, 0.25) is 0 Å². The zero-order valence-electron chi connectivity index (χ0n) is 12.2. The van der Waals surface area contributed by atoms with E-state index >= 15 is 0 Å². The van der Waals surface area contributed by atoms with Gasteiger partial charge in [-0.2, -0.15) is 0 Å². The lowest BCUT2D eigenvalue weighted by atomic mass is 9.96. The first kappa shape index (κ1) is 14.9. The van der Waals surface area contributed by atoms with E-state index in [0.717, 1.165) is 19.3 Å². The maximum atomic E-state index is 12.6. The molecule has 2 atom stereocenters. The van der Waals surface area contributed by atoms with Crippen molar-refractivity contribution in [2.45, 2.75) is 51.7 Å². The Morgan fingerprint density at radius 1 is 1.45 bits per heavy atom. The van der Waals surface area contributed by atoms with Gasteiger partial charge in [-0.05, 0) is 51.2 Å². The molecule has 0 saturated carbocycles. The number of carbonyl (C=O) groups excluding carboxylic acids is 1. The van der Waals surface area contributed by atoms with Gasteiger partial charge >= 0.3 is 0 Å². The quantitative estimate of drug-likeness (QED) is 0.892. The van der Waals surface area contributed by atoms with Crippen LogP contribution in [0.3, 0.4) is 0 Å². The molecule has 1 aromatic rings. The molecule has 1 aliphatic heterocycles. The molecule has 1 aliphatic rings. The minimum absolute atomic E-state index is 0.0659. The third-order valence-corrected chi connectivity index (χ3v) is 3.97. The lowest BCUT2D eigenvalue weighted by molar-refractivity contribution is 0.0512. The van der Waals surface area contributed by atoms with Gasteiger partial charge in [0, 0.05) is 12.6 Å². The van der Waals surface area contributed by atoms with Gasteiger partial charge in [0.15, 0.2) is 0 Å². The molecule has 1 saturated heterocycles. The monoisotopic (exact) mass is 277 g/mol. The molecular weight excluding hydrogens is 254 g/mol. The molecule has 0 spiro atoms. The van der Waals surface area contributed by atoms with E-state index in [1.807, 2.05) is 4.90 Å². The predicted molar refractivity (Wildman–Crippen MR) is 77.8 cm³/mol. The molecule has 0 radical (unpaired) electrons. The molecule has 0 aromatic heterocycles. The number of benzene rings is 1. The fourth-order valence-corrected chi connectivity index (χ4v) is 2.89. The summed E-state index contributed by atoms with van der Waals surface area (Å²) in [6.07, 6.45) is 3.16. The molecule has 4 heteroatoms. The highest BCUT2D eigenvalue weighted by atomic mass is 16.3.